The Morgan fingerprint density at radius 3 is 2.71 bits per heavy atom. The summed E-state index contributed by atoms with van der Waals surface area (Å²) in [6.07, 6.45) is 2.88. The van der Waals surface area contributed by atoms with Gasteiger partial charge in [0.15, 0.2) is 0 Å². The SMILES string of the molecule is Cc1nc2ccccc2c(C)c1CC(=O)NC[C@H](c1cccs1)N1CCCC1. The van der Waals surface area contributed by atoms with Gasteiger partial charge >= 0.3 is 0 Å². The van der Waals surface area contributed by atoms with Crippen LogP contribution >= 0.6 is 11.3 Å². The molecule has 1 aliphatic heterocycles. The predicted octanol–water partition coefficient (Wildman–Crippen LogP) is 4.41. The van der Waals surface area contributed by atoms with Crippen molar-refractivity contribution in [1.82, 2.24) is 15.2 Å². The topological polar surface area (TPSA) is 45.2 Å². The predicted molar refractivity (Wildman–Crippen MR) is 116 cm³/mol. The van der Waals surface area contributed by atoms with Gasteiger partial charge in [-0.05, 0) is 68.4 Å². The molecule has 1 fully saturated rings. The average Bonchev–Trinajstić information content (AvgIpc) is 3.40. The minimum atomic E-state index is 0.0732. The highest BCUT2D eigenvalue weighted by Gasteiger charge is 2.25. The van der Waals surface area contributed by atoms with Crippen LogP contribution in [0.15, 0.2) is 41.8 Å². The van der Waals surface area contributed by atoms with E-state index in [2.05, 4.69) is 40.7 Å². The molecular weight excluding hydrogens is 366 g/mol. The lowest BCUT2D eigenvalue weighted by Gasteiger charge is -2.27. The number of para-hydroxylation sites is 1. The van der Waals surface area contributed by atoms with Crippen LogP contribution in [0.5, 0.6) is 0 Å². The lowest BCUT2D eigenvalue weighted by atomic mass is 9.99. The Labute approximate surface area is 170 Å². The number of hydrogen-bond acceptors (Lipinski definition) is 4. The zero-order valence-electron chi connectivity index (χ0n) is 16.6. The van der Waals surface area contributed by atoms with Crippen LogP contribution in [0.2, 0.25) is 0 Å². The van der Waals surface area contributed by atoms with Crippen molar-refractivity contribution in [3.63, 3.8) is 0 Å². The maximum absolute atomic E-state index is 12.8. The molecule has 1 atom stereocenters. The van der Waals surface area contributed by atoms with Crippen molar-refractivity contribution in [2.45, 2.75) is 39.2 Å². The molecule has 28 heavy (non-hydrogen) atoms. The molecule has 4 nitrogen and oxygen atoms in total. The van der Waals surface area contributed by atoms with Crippen molar-refractivity contribution in [2.24, 2.45) is 0 Å². The Morgan fingerprint density at radius 1 is 1.18 bits per heavy atom. The number of nitrogens with zero attached hydrogens (tertiary/aromatic N) is 2. The highest BCUT2D eigenvalue weighted by molar-refractivity contribution is 7.10. The Morgan fingerprint density at radius 2 is 1.96 bits per heavy atom. The molecule has 1 saturated heterocycles. The first kappa shape index (κ1) is 19.1. The number of likely N-dealkylation sites (tertiary alicyclic amines) is 1. The van der Waals surface area contributed by atoms with Crippen LogP contribution in [0.4, 0.5) is 0 Å². The monoisotopic (exact) mass is 393 g/mol. The van der Waals surface area contributed by atoms with Crippen LogP contribution in [0, 0.1) is 13.8 Å². The Balaban J connectivity index is 1.47. The first-order valence-electron chi connectivity index (χ1n) is 10.0. The van der Waals surface area contributed by atoms with Crippen LogP contribution < -0.4 is 5.32 Å². The third kappa shape index (κ3) is 3.96. The van der Waals surface area contributed by atoms with Crippen LogP contribution in [0.1, 0.15) is 40.6 Å². The first-order valence-corrected chi connectivity index (χ1v) is 10.9. The molecule has 1 aliphatic rings. The molecule has 1 N–H and O–H groups in total. The van der Waals surface area contributed by atoms with Crippen molar-refractivity contribution in [1.29, 1.82) is 0 Å². The Kier molecular flexibility index (Phi) is 5.74. The quantitative estimate of drug-likeness (QED) is 0.675. The van der Waals surface area contributed by atoms with Gasteiger partial charge in [-0.25, -0.2) is 0 Å². The van der Waals surface area contributed by atoms with E-state index in [-0.39, 0.29) is 11.9 Å². The minimum absolute atomic E-state index is 0.0732. The standard InChI is InChI=1S/C23H27N3OS/c1-16-18-8-3-4-9-20(18)25-17(2)19(16)14-23(27)24-15-21(22-10-7-13-28-22)26-11-5-6-12-26/h3-4,7-10,13,21H,5-6,11-12,14-15H2,1-2H3,(H,24,27)/t21-/m1/s1. The van der Waals surface area contributed by atoms with Gasteiger partial charge < -0.3 is 5.32 Å². The van der Waals surface area contributed by atoms with Crippen molar-refractivity contribution < 1.29 is 4.79 Å². The van der Waals surface area contributed by atoms with Gasteiger partial charge in [0.2, 0.25) is 5.91 Å². The summed E-state index contributed by atoms with van der Waals surface area (Å²) >= 11 is 1.78. The van der Waals surface area contributed by atoms with Crippen molar-refractivity contribution in [2.75, 3.05) is 19.6 Å². The zero-order valence-corrected chi connectivity index (χ0v) is 17.4. The fourth-order valence-electron chi connectivity index (χ4n) is 4.21. The molecule has 0 bridgehead atoms. The highest BCUT2D eigenvalue weighted by atomic mass is 32.1. The average molecular weight is 394 g/mol. The zero-order chi connectivity index (χ0) is 19.5. The molecule has 5 heteroatoms. The third-order valence-electron chi connectivity index (χ3n) is 5.77. The van der Waals surface area contributed by atoms with E-state index < -0.39 is 0 Å². The summed E-state index contributed by atoms with van der Waals surface area (Å²) in [4.78, 5) is 21.3. The van der Waals surface area contributed by atoms with E-state index in [1.165, 1.54) is 17.7 Å². The molecule has 1 amide bonds. The van der Waals surface area contributed by atoms with E-state index in [9.17, 15) is 4.79 Å². The highest BCUT2D eigenvalue weighted by Crippen LogP contribution is 2.28. The molecule has 3 aromatic rings. The molecule has 2 aromatic heterocycles. The Hall–Kier alpha value is -2.24. The molecule has 0 spiro atoms. The van der Waals surface area contributed by atoms with Gasteiger partial charge in [0.25, 0.3) is 0 Å². The number of aryl methyl sites for hydroxylation is 2. The van der Waals surface area contributed by atoms with Crippen LogP contribution in [0.3, 0.4) is 0 Å². The number of benzene rings is 1. The number of aromatic nitrogens is 1. The summed E-state index contributed by atoms with van der Waals surface area (Å²) in [5, 5.41) is 6.45. The number of hydrogen-bond donors (Lipinski definition) is 1. The molecule has 0 aliphatic carbocycles. The number of amides is 1. The van der Waals surface area contributed by atoms with E-state index in [1.807, 2.05) is 25.1 Å². The number of rotatable bonds is 6. The van der Waals surface area contributed by atoms with E-state index in [4.69, 9.17) is 4.98 Å². The lowest BCUT2D eigenvalue weighted by Crippen LogP contribution is -2.37. The molecule has 3 heterocycles. The summed E-state index contributed by atoms with van der Waals surface area (Å²) in [6.45, 7) is 6.99. The van der Waals surface area contributed by atoms with E-state index >= 15 is 0 Å². The van der Waals surface area contributed by atoms with Crippen molar-refractivity contribution in [3.05, 3.63) is 63.5 Å². The number of carbonyl (C=O) groups excluding carboxylic acids is 1. The smallest absolute Gasteiger partial charge is 0.224 e. The summed E-state index contributed by atoms with van der Waals surface area (Å²) in [7, 11) is 0. The maximum Gasteiger partial charge on any atom is 0.224 e. The largest absolute Gasteiger partial charge is 0.354 e. The second-order valence-corrected chi connectivity index (χ2v) is 8.55. The fraction of sp³-hybridized carbons (Fsp3) is 0.391. The van der Waals surface area contributed by atoms with Gasteiger partial charge in [-0.2, -0.15) is 0 Å². The first-order chi connectivity index (χ1) is 13.6. The van der Waals surface area contributed by atoms with Gasteiger partial charge in [0.05, 0.1) is 18.0 Å². The number of fused-ring (bicyclic) bond motifs is 1. The van der Waals surface area contributed by atoms with Crippen molar-refractivity contribution in [3.8, 4) is 0 Å². The number of thiophene rings is 1. The van der Waals surface area contributed by atoms with Crippen LogP contribution in [-0.2, 0) is 11.2 Å². The second kappa shape index (κ2) is 8.41. The molecular formula is C23H27N3OS. The molecule has 4 rings (SSSR count). The van der Waals surface area contributed by atoms with Crippen LogP contribution in [-0.4, -0.2) is 35.4 Å². The summed E-state index contributed by atoms with van der Waals surface area (Å²) in [6, 6.07) is 12.7. The maximum atomic E-state index is 12.8. The third-order valence-corrected chi connectivity index (χ3v) is 6.74. The number of pyridine rings is 1. The van der Waals surface area contributed by atoms with E-state index in [1.54, 1.807) is 11.3 Å². The molecule has 0 radical (unpaired) electrons. The Bertz CT molecular complexity index is 961. The van der Waals surface area contributed by atoms with Gasteiger partial charge in [0, 0.05) is 22.5 Å². The molecule has 0 saturated carbocycles. The van der Waals surface area contributed by atoms with Crippen molar-refractivity contribution >= 4 is 28.1 Å². The van der Waals surface area contributed by atoms with Gasteiger partial charge in [-0.15, -0.1) is 11.3 Å². The van der Waals surface area contributed by atoms with Gasteiger partial charge in [0.1, 0.15) is 0 Å². The summed E-state index contributed by atoms with van der Waals surface area (Å²) in [5.41, 5.74) is 4.15. The molecule has 1 aromatic carbocycles. The van der Waals surface area contributed by atoms with Crippen LogP contribution in [0.25, 0.3) is 10.9 Å². The van der Waals surface area contributed by atoms with E-state index in [0.717, 1.165) is 40.8 Å². The minimum Gasteiger partial charge on any atom is -0.354 e. The van der Waals surface area contributed by atoms with Gasteiger partial charge in [-0.3, -0.25) is 14.7 Å². The summed E-state index contributed by atoms with van der Waals surface area (Å²) < 4.78 is 0. The fourth-order valence-corrected chi connectivity index (χ4v) is 5.07. The summed E-state index contributed by atoms with van der Waals surface area (Å²) in [5.74, 6) is 0.0732. The normalized spacial score (nSPS) is 15.8. The number of carbonyl (C=O) groups is 1. The molecule has 146 valence electrons. The number of nitrogens with one attached hydrogen (secondary N) is 1. The lowest BCUT2D eigenvalue weighted by molar-refractivity contribution is -0.120. The second-order valence-electron chi connectivity index (χ2n) is 7.57. The van der Waals surface area contributed by atoms with E-state index in [0.29, 0.717) is 13.0 Å². The van der Waals surface area contributed by atoms with Gasteiger partial charge in [-0.1, -0.05) is 24.3 Å². The molecule has 0 unspecified atom stereocenters.